The lowest BCUT2D eigenvalue weighted by Crippen LogP contribution is -2.47. The zero-order chi connectivity index (χ0) is 16.8. The van der Waals surface area contributed by atoms with Crippen LogP contribution < -0.4 is 15.1 Å². The van der Waals surface area contributed by atoms with E-state index in [1.165, 1.54) is 6.33 Å². The molecule has 1 fully saturated rings. The first-order valence-corrected chi connectivity index (χ1v) is 8.15. The first-order chi connectivity index (χ1) is 11.8. The van der Waals surface area contributed by atoms with Crippen LogP contribution in [0.3, 0.4) is 0 Å². The van der Waals surface area contributed by atoms with E-state index >= 15 is 0 Å². The molecule has 0 atom stereocenters. The predicted octanol–water partition coefficient (Wildman–Crippen LogP) is 0.733. The Kier molecular flexibility index (Phi) is 5.15. The van der Waals surface area contributed by atoms with Gasteiger partial charge in [-0.2, -0.15) is 0 Å². The van der Waals surface area contributed by atoms with Crippen molar-refractivity contribution in [2.75, 3.05) is 42.5 Å². The van der Waals surface area contributed by atoms with Crippen molar-refractivity contribution in [3.63, 3.8) is 0 Å². The fraction of sp³-hybridized carbons (Fsp3) is 0.438. The fourth-order valence-corrected chi connectivity index (χ4v) is 2.56. The molecule has 1 amide bonds. The summed E-state index contributed by atoms with van der Waals surface area (Å²) in [7, 11) is 0. The van der Waals surface area contributed by atoms with Crippen LogP contribution in [-0.2, 0) is 0 Å². The van der Waals surface area contributed by atoms with Crippen LogP contribution in [0.2, 0.25) is 0 Å². The van der Waals surface area contributed by atoms with Gasteiger partial charge in [-0.05, 0) is 12.5 Å². The third-order valence-electron chi connectivity index (χ3n) is 3.86. The summed E-state index contributed by atoms with van der Waals surface area (Å²) in [4.78, 5) is 33.3. The van der Waals surface area contributed by atoms with Crippen LogP contribution in [0.15, 0.2) is 30.9 Å². The Morgan fingerprint density at radius 3 is 2.50 bits per heavy atom. The zero-order valence-corrected chi connectivity index (χ0v) is 13.7. The van der Waals surface area contributed by atoms with Gasteiger partial charge in [0.2, 0.25) is 5.95 Å². The maximum atomic E-state index is 12.0. The van der Waals surface area contributed by atoms with Gasteiger partial charge in [0, 0.05) is 51.2 Å². The second-order valence-electron chi connectivity index (χ2n) is 5.54. The number of carbonyl (C=O) groups is 1. The average molecular weight is 327 g/mol. The molecule has 8 heteroatoms. The van der Waals surface area contributed by atoms with E-state index in [0.717, 1.165) is 44.4 Å². The molecule has 2 aromatic rings. The van der Waals surface area contributed by atoms with Crippen molar-refractivity contribution >= 4 is 17.7 Å². The van der Waals surface area contributed by atoms with Gasteiger partial charge in [0.25, 0.3) is 5.91 Å². The van der Waals surface area contributed by atoms with Gasteiger partial charge in [-0.15, -0.1) is 0 Å². The number of hydrogen-bond donors (Lipinski definition) is 1. The van der Waals surface area contributed by atoms with Gasteiger partial charge in [0.15, 0.2) is 0 Å². The fourth-order valence-electron chi connectivity index (χ4n) is 2.56. The highest BCUT2D eigenvalue weighted by Gasteiger charge is 2.20. The summed E-state index contributed by atoms with van der Waals surface area (Å²) in [6.45, 7) is 5.88. The Balaban J connectivity index is 1.63. The van der Waals surface area contributed by atoms with Crippen LogP contribution >= 0.6 is 0 Å². The highest BCUT2D eigenvalue weighted by molar-refractivity contribution is 5.92. The van der Waals surface area contributed by atoms with Crippen molar-refractivity contribution in [2.24, 2.45) is 0 Å². The van der Waals surface area contributed by atoms with E-state index in [1.807, 2.05) is 13.0 Å². The van der Waals surface area contributed by atoms with Gasteiger partial charge in [0.1, 0.15) is 17.8 Å². The Morgan fingerprint density at radius 1 is 1.08 bits per heavy atom. The molecule has 3 heterocycles. The van der Waals surface area contributed by atoms with Crippen molar-refractivity contribution in [3.8, 4) is 0 Å². The Bertz CT molecular complexity index is 671. The summed E-state index contributed by atoms with van der Waals surface area (Å²) >= 11 is 0. The van der Waals surface area contributed by atoms with Gasteiger partial charge in [-0.1, -0.05) is 6.92 Å². The molecule has 3 rings (SSSR count). The molecule has 126 valence electrons. The van der Waals surface area contributed by atoms with E-state index < -0.39 is 0 Å². The second-order valence-corrected chi connectivity index (χ2v) is 5.54. The quantitative estimate of drug-likeness (QED) is 0.866. The molecule has 8 nitrogen and oxygen atoms in total. The number of rotatable bonds is 5. The molecule has 0 aliphatic carbocycles. The first kappa shape index (κ1) is 16.1. The van der Waals surface area contributed by atoms with E-state index in [9.17, 15) is 4.79 Å². The Labute approximate surface area is 141 Å². The molecule has 0 unspecified atom stereocenters. The second kappa shape index (κ2) is 7.67. The summed E-state index contributed by atoms with van der Waals surface area (Å²) in [5.41, 5.74) is 0.405. The Morgan fingerprint density at radius 2 is 1.79 bits per heavy atom. The third-order valence-corrected chi connectivity index (χ3v) is 3.86. The molecular formula is C16H21N7O. The number of aromatic nitrogens is 4. The maximum Gasteiger partial charge on any atom is 0.270 e. The number of anilines is 2. The summed E-state index contributed by atoms with van der Waals surface area (Å²) in [5, 5.41) is 2.83. The SMILES string of the molecule is CCCNC(=O)c1cc(N2CCN(c3ncccn3)CC2)ncn1. The van der Waals surface area contributed by atoms with Crippen LogP contribution in [0.4, 0.5) is 11.8 Å². The van der Waals surface area contributed by atoms with Crippen molar-refractivity contribution in [2.45, 2.75) is 13.3 Å². The molecule has 1 saturated heterocycles. The normalized spacial score (nSPS) is 14.5. The zero-order valence-electron chi connectivity index (χ0n) is 13.7. The van der Waals surface area contributed by atoms with Crippen LogP contribution in [0.5, 0.6) is 0 Å². The monoisotopic (exact) mass is 327 g/mol. The molecule has 2 aromatic heterocycles. The van der Waals surface area contributed by atoms with E-state index in [0.29, 0.717) is 12.2 Å². The molecule has 0 bridgehead atoms. The predicted molar refractivity (Wildman–Crippen MR) is 91.1 cm³/mol. The topological polar surface area (TPSA) is 87.1 Å². The molecule has 0 aromatic carbocycles. The summed E-state index contributed by atoms with van der Waals surface area (Å²) in [6.07, 6.45) is 5.84. The van der Waals surface area contributed by atoms with Crippen LogP contribution in [0.25, 0.3) is 0 Å². The minimum Gasteiger partial charge on any atom is -0.353 e. The van der Waals surface area contributed by atoms with Crippen LogP contribution in [0.1, 0.15) is 23.8 Å². The van der Waals surface area contributed by atoms with Crippen molar-refractivity contribution in [1.82, 2.24) is 25.3 Å². The number of carbonyl (C=O) groups excluding carboxylic acids is 1. The van der Waals surface area contributed by atoms with Gasteiger partial charge >= 0.3 is 0 Å². The van der Waals surface area contributed by atoms with Crippen molar-refractivity contribution < 1.29 is 4.79 Å². The summed E-state index contributed by atoms with van der Waals surface area (Å²) in [5.74, 6) is 1.37. The minimum absolute atomic E-state index is 0.156. The lowest BCUT2D eigenvalue weighted by Gasteiger charge is -2.35. The molecular weight excluding hydrogens is 306 g/mol. The van der Waals surface area contributed by atoms with Gasteiger partial charge < -0.3 is 15.1 Å². The molecule has 0 radical (unpaired) electrons. The van der Waals surface area contributed by atoms with E-state index in [4.69, 9.17) is 0 Å². The van der Waals surface area contributed by atoms with E-state index in [1.54, 1.807) is 18.5 Å². The highest BCUT2D eigenvalue weighted by atomic mass is 16.1. The first-order valence-electron chi connectivity index (χ1n) is 8.15. The van der Waals surface area contributed by atoms with Gasteiger partial charge in [-0.3, -0.25) is 4.79 Å². The molecule has 24 heavy (non-hydrogen) atoms. The minimum atomic E-state index is -0.156. The average Bonchev–Trinajstić information content (AvgIpc) is 2.67. The summed E-state index contributed by atoms with van der Waals surface area (Å²) < 4.78 is 0. The number of nitrogens with zero attached hydrogens (tertiary/aromatic N) is 6. The number of nitrogens with one attached hydrogen (secondary N) is 1. The summed E-state index contributed by atoms with van der Waals surface area (Å²) in [6, 6.07) is 3.56. The van der Waals surface area contributed by atoms with E-state index in [-0.39, 0.29) is 5.91 Å². The lowest BCUT2D eigenvalue weighted by atomic mass is 10.3. The molecule has 0 saturated carbocycles. The lowest BCUT2D eigenvalue weighted by molar-refractivity contribution is 0.0948. The smallest absolute Gasteiger partial charge is 0.270 e. The molecule has 1 N–H and O–H groups in total. The standard InChI is InChI=1S/C16H21N7O/c1-2-4-17-15(24)13-11-14(21-12-20-13)22-7-9-23(10-8-22)16-18-5-3-6-19-16/h3,5-6,11-12H,2,4,7-10H2,1H3,(H,17,24). The Hall–Kier alpha value is -2.77. The van der Waals surface area contributed by atoms with Crippen molar-refractivity contribution in [1.29, 1.82) is 0 Å². The van der Waals surface area contributed by atoms with Gasteiger partial charge in [-0.25, -0.2) is 19.9 Å². The molecule has 1 aliphatic heterocycles. The maximum absolute atomic E-state index is 12.0. The number of hydrogen-bond acceptors (Lipinski definition) is 7. The largest absolute Gasteiger partial charge is 0.353 e. The van der Waals surface area contributed by atoms with Crippen molar-refractivity contribution in [3.05, 3.63) is 36.5 Å². The van der Waals surface area contributed by atoms with Crippen LogP contribution in [0, 0.1) is 0 Å². The third kappa shape index (κ3) is 3.76. The molecule has 0 spiro atoms. The highest BCUT2D eigenvalue weighted by Crippen LogP contribution is 2.16. The number of amides is 1. The van der Waals surface area contributed by atoms with Crippen LogP contribution in [-0.4, -0.2) is 58.6 Å². The van der Waals surface area contributed by atoms with Gasteiger partial charge in [0.05, 0.1) is 0 Å². The molecule has 1 aliphatic rings. The number of piperazine rings is 1. The van der Waals surface area contributed by atoms with E-state index in [2.05, 4.69) is 35.1 Å².